The summed E-state index contributed by atoms with van der Waals surface area (Å²) in [7, 11) is -7.01. The first-order chi connectivity index (χ1) is 16.6. The lowest BCUT2D eigenvalue weighted by Crippen LogP contribution is -2.43. The molecular formula is C23H28ClN3O6S3. The van der Waals surface area contributed by atoms with Crippen molar-refractivity contribution in [2.75, 3.05) is 56.3 Å². The molecule has 0 atom stereocenters. The zero-order chi connectivity index (χ0) is 25.2. The minimum atomic E-state index is -3.52. The number of halogens is 1. The Morgan fingerprint density at radius 1 is 1.11 bits per heavy atom. The molecule has 1 saturated heterocycles. The topological polar surface area (TPSA) is 114 Å². The molecule has 0 N–H and O–H groups in total. The average Bonchev–Trinajstić information content (AvgIpc) is 3.28. The number of sulfone groups is 2. The maximum atomic E-state index is 13.7. The summed E-state index contributed by atoms with van der Waals surface area (Å²) in [6.45, 7) is 5.13. The fourth-order valence-corrected chi connectivity index (χ4v) is 6.66. The zero-order valence-corrected chi connectivity index (χ0v) is 23.2. The third-order valence-corrected chi connectivity index (χ3v) is 9.71. The molecule has 4 rings (SSSR count). The van der Waals surface area contributed by atoms with Crippen molar-refractivity contribution in [3.63, 3.8) is 0 Å². The number of aromatic nitrogens is 1. The molecule has 196 valence electrons. The van der Waals surface area contributed by atoms with Gasteiger partial charge < -0.3 is 4.74 Å². The number of thiazole rings is 1. The highest BCUT2D eigenvalue weighted by molar-refractivity contribution is 7.91. The van der Waals surface area contributed by atoms with Gasteiger partial charge in [0.2, 0.25) is 0 Å². The van der Waals surface area contributed by atoms with Crippen LogP contribution in [0.1, 0.15) is 17.3 Å². The molecule has 1 aromatic heterocycles. The number of amides is 1. The second-order valence-corrected chi connectivity index (χ2v) is 13.5. The van der Waals surface area contributed by atoms with Gasteiger partial charge in [-0.1, -0.05) is 30.4 Å². The van der Waals surface area contributed by atoms with Gasteiger partial charge in [-0.3, -0.25) is 14.6 Å². The molecule has 9 nitrogen and oxygen atoms in total. The van der Waals surface area contributed by atoms with Gasteiger partial charge in [-0.2, -0.15) is 0 Å². The first kappa shape index (κ1) is 28.5. The van der Waals surface area contributed by atoms with Crippen LogP contribution in [0.15, 0.2) is 52.3 Å². The predicted molar refractivity (Wildman–Crippen MR) is 143 cm³/mol. The standard InChI is InChI=1S/C23H27N3O6S3.ClH/c1-3-35(30,31)18-7-4-6-17(16-18)22(27)26(11-10-25-12-14-32-15-13-25)23-24-21-19(33-23)8-5-9-20(21)34(2,28)29;/h4-9,16H,3,10-15H2,1-2H3;1H. The Kier molecular flexibility index (Phi) is 9.12. The Labute approximate surface area is 221 Å². The van der Waals surface area contributed by atoms with E-state index in [2.05, 4.69) is 9.88 Å². The molecular weight excluding hydrogens is 546 g/mol. The van der Waals surface area contributed by atoms with Crippen LogP contribution < -0.4 is 4.90 Å². The van der Waals surface area contributed by atoms with Crippen molar-refractivity contribution >= 4 is 64.7 Å². The summed E-state index contributed by atoms with van der Waals surface area (Å²) in [6, 6.07) is 10.9. The average molecular weight is 574 g/mol. The van der Waals surface area contributed by atoms with Crippen LogP contribution in [-0.2, 0) is 24.4 Å². The molecule has 0 radical (unpaired) electrons. The van der Waals surface area contributed by atoms with Crippen LogP contribution in [0.4, 0.5) is 5.13 Å². The number of rotatable bonds is 8. The number of para-hydroxylation sites is 1. The van der Waals surface area contributed by atoms with Crippen molar-refractivity contribution in [1.29, 1.82) is 0 Å². The molecule has 1 aliphatic rings. The van der Waals surface area contributed by atoms with Crippen LogP contribution in [0.3, 0.4) is 0 Å². The SMILES string of the molecule is CCS(=O)(=O)c1cccc(C(=O)N(CCN2CCOCC2)c2nc3c(S(C)(=O)=O)cccc3s2)c1.Cl. The highest BCUT2D eigenvalue weighted by atomic mass is 35.5. The molecule has 0 saturated carbocycles. The number of fused-ring (bicyclic) bond motifs is 1. The highest BCUT2D eigenvalue weighted by Gasteiger charge is 2.25. The van der Waals surface area contributed by atoms with Crippen LogP contribution in [0.25, 0.3) is 10.2 Å². The van der Waals surface area contributed by atoms with E-state index in [0.29, 0.717) is 41.7 Å². The summed E-state index contributed by atoms with van der Waals surface area (Å²) in [4.78, 5) is 22.1. The number of benzene rings is 2. The minimum absolute atomic E-state index is 0. The number of nitrogens with zero attached hydrogens (tertiary/aromatic N) is 3. The van der Waals surface area contributed by atoms with Gasteiger partial charge in [0, 0.05) is 38.0 Å². The van der Waals surface area contributed by atoms with Crippen molar-refractivity contribution in [2.45, 2.75) is 16.7 Å². The molecule has 3 aromatic rings. The van der Waals surface area contributed by atoms with Crippen molar-refractivity contribution in [2.24, 2.45) is 0 Å². The molecule has 13 heteroatoms. The first-order valence-corrected chi connectivity index (χ1v) is 15.5. The van der Waals surface area contributed by atoms with Gasteiger partial charge in [0.05, 0.1) is 33.5 Å². The van der Waals surface area contributed by atoms with Crippen LogP contribution in [-0.4, -0.2) is 84.0 Å². The molecule has 0 bridgehead atoms. The Morgan fingerprint density at radius 2 is 1.81 bits per heavy atom. The zero-order valence-electron chi connectivity index (χ0n) is 19.9. The molecule has 1 aliphatic heterocycles. The quantitative estimate of drug-likeness (QED) is 0.404. The van der Waals surface area contributed by atoms with E-state index in [1.54, 1.807) is 31.2 Å². The number of morpholine rings is 1. The second-order valence-electron chi connectivity index (χ2n) is 8.21. The van der Waals surface area contributed by atoms with E-state index in [9.17, 15) is 21.6 Å². The summed E-state index contributed by atoms with van der Waals surface area (Å²) < 4.78 is 55.4. The number of hydrogen-bond acceptors (Lipinski definition) is 9. The van der Waals surface area contributed by atoms with E-state index < -0.39 is 25.6 Å². The number of ether oxygens (including phenoxy) is 1. The largest absolute Gasteiger partial charge is 0.379 e. The van der Waals surface area contributed by atoms with Crippen molar-refractivity contribution < 1.29 is 26.4 Å². The maximum Gasteiger partial charge on any atom is 0.260 e. The van der Waals surface area contributed by atoms with Crippen molar-refractivity contribution in [3.05, 3.63) is 48.0 Å². The summed E-state index contributed by atoms with van der Waals surface area (Å²) in [5, 5.41) is 0.359. The van der Waals surface area contributed by atoms with Crippen LogP contribution in [0.2, 0.25) is 0 Å². The van der Waals surface area contributed by atoms with Crippen molar-refractivity contribution in [3.8, 4) is 0 Å². The third-order valence-electron chi connectivity index (χ3n) is 5.81. The Morgan fingerprint density at radius 3 is 2.47 bits per heavy atom. The lowest BCUT2D eigenvalue weighted by Gasteiger charge is -2.29. The smallest absolute Gasteiger partial charge is 0.260 e. The lowest BCUT2D eigenvalue weighted by molar-refractivity contribution is 0.0391. The van der Waals surface area contributed by atoms with Gasteiger partial charge in [0.15, 0.2) is 24.8 Å². The molecule has 1 amide bonds. The summed E-state index contributed by atoms with van der Waals surface area (Å²) in [6.07, 6.45) is 1.13. The van der Waals surface area contributed by atoms with E-state index in [1.165, 1.54) is 34.4 Å². The van der Waals surface area contributed by atoms with Crippen LogP contribution in [0, 0.1) is 0 Å². The van der Waals surface area contributed by atoms with Gasteiger partial charge in [-0.15, -0.1) is 12.4 Å². The van der Waals surface area contributed by atoms with E-state index in [1.807, 2.05) is 0 Å². The van der Waals surface area contributed by atoms with E-state index in [0.717, 1.165) is 19.3 Å². The third kappa shape index (κ3) is 6.24. The van der Waals surface area contributed by atoms with E-state index in [4.69, 9.17) is 4.74 Å². The first-order valence-electron chi connectivity index (χ1n) is 11.1. The van der Waals surface area contributed by atoms with E-state index in [-0.39, 0.29) is 33.5 Å². The molecule has 2 aromatic carbocycles. The molecule has 0 spiro atoms. The molecule has 1 fully saturated rings. The Hall–Kier alpha value is -2.09. The summed E-state index contributed by atoms with van der Waals surface area (Å²) in [5.41, 5.74) is 0.547. The fraction of sp³-hybridized carbons (Fsp3) is 0.391. The highest BCUT2D eigenvalue weighted by Crippen LogP contribution is 2.33. The Balaban J connectivity index is 0.00000361. The molecule has 36 heavy (non-hydrogen) atoms. The van der Waals surface area contributed by atoms with Gasteiger partial charge in [0.25, 0.3) is 5.91 Å². The minimum Gasteiger partial charge on any atom is -0.379 e. The predicted octanol–water partition coefficient (Wildman–Crippen LogP) is 2.89. The number of carbonyl (C=O) groups is 1. The van der Waals surface area contributed by atoms with Gasteiger partial charge in [-0.05, 0) is 30.3 Å². The van der Waals surface area contributed by atoms with Gasteiger partial charge in [0.1, 0.15) is 5.52 Å². The second kappa shape index (κ2) is 11.5. The lowest BCUT2D eigenvalue weighted by atomic mass is 10.2. The summed E-state index contributed by atoms with van der Waals surface area (Å²) >= 11 is 1.23. The van der Waals surface area contributed by atoms with E-state index >= 15 is 0 Å². The maximum absolute atomic E-state index is 13.7. The monoisotopic (exact) mass is 573 g/mol. The van der Waals surface area contributed by atoms with Gasteiger partial charge >= 0.3 is 0 Å². The number of anilines is 1. The number of hydrogen-bond donors (Lipinski definition) is 0. The van der Waals surface area contributed by atoms with Crippen molar-refractivity contribution in [1.82, 2.24) is 9.88 Å². The van der Waals surface area contributed by atoms with Crippen LogP contribution in [0.5, 0.6) is 0 Å². The fourth-order valence-electron chi connectivity index (χ4n) is 3.82. The molecule has 2 heterocycles. The summed E-state index contributed by atoms with van der Waals surface area (Å²) in [5.74, 6) is -0.469. The normalized spacial score (nSPS) is 14.9. The van der Waals surface area contributed by atoms with Crippen LogP contribution >= 0.6 is 23.7 Å². The number of carbonyl (C=O) groups excluding carboxylic acids is 1. The molecule has 0 unspecified atom stereocenters. The van der Waals surface area contributed by atoms with Gasteiger partial charge in [-0.25, -0.2) is 21.8 Å². The Bertz CT molecular complexity index is 1450. The molecule has 0 aliphatic carbocycles.